The number of nitrogens with two attached hydrogens (primary N) is 1. The lowest BCUT2D eigenvalue weighted by atomic mass is 10.1. The molecule has 3 rings (SSSR count). The number of anilines is 3. The van der Waals surface area contributed by atoms with Crippen LogP contribution in [0.5, 0.6) is 0 Å². The van der Waals surface area contributed by atoms with Gasteiger partial charge in [-0.2, -0.15) is 0 Å². The minimum Gasteiger partial charge on any atom is -0.397 e. The van der Waals surface area contributed by atoms with Gasteiger partial charge in [0.1, 0.15) is 0 Å². The SMILES string of the molecule is CCN1CCN(c2ccc(NC(=O)c3cccc(Br)c3)cc2N)CC1. The molecule has 25 heavy (non-hydrogen) atoms. The molecule has 3 N–H and O–H groups in total. The number of amides is 1. The largest absolute Gasteiger partial charge is 0.397 e. The predicted octanol–water partition coefficient (Wildman–Crippen LogP) is 3.43. The maximum atomic E-state index is 12.3. The lowest BCUT2D eigenvalue weighted by Crippen LogP contribution is -2.46. The first kappa shape index (κ1) is 17.8. The number of hydrogen-bond acceptors (Lipinski definition) is 4. The Bertz CT molecular complexity index is 757. The summed E-state index contributed by atoms with van der Waals surface area (Å²) >= 11 is 3.38. The Balaban J connectivity index is 1.69. The molecule has 1 fully saturated rings. The van der Waals surface area contributed by atoms with Gasteiger partial charge in [-0.15, -0.1) is 0 Å². The zero-order chi connectivity index (χ0) is 17.8. The summed E-state index contributed by atoms with van der Waals surface area (Å²) in [6, 6.07) is 13.0. The Morgan fingerprint density at radius 2 is 1.92 bits per heavy atom. The first-order chi connectivity index (χ1) is 12.1. The normalized spacial score (nSPS) is 15.2. The lowest BCUT2D eigenvalue weighted by Gasteiger charge is -2.36. The van der Waals surface area contributed by atoms with Crippen LogP contribution in [0.4, 0.5) is 17.1 Å². The van der Waals surface area contributed by atoms with Crippen molar-refractivity contribution in [2.24, 2.45) is 0 Å². The van der Waals surface area contributed by atoms with E-state index in [2.05, 4.69) is 38.0 Å². The molecule has 0 bridgehead atoms. The van der Waals surface area contributed by atoms with Gasteiger partial charge < -0.3 is 20.9 Å². The molecule has 1 aliphatic heterocycles. The number of likely N-dealkylation sites (N-methyl/N-ethyl adjacent to an activating group) is 1. The zero-order valence-electron chi connectivity index (χ0n) is 14.3. The summed E-state index contributed by atoms with van der Waals surface area (Å²) in [6.07, 6.45) is 0. The van der Waals surface area contributed by atoms with Crippen molar-refractivity contribution in [1.29, 1.82) is 0 Å². The van der Waals surface area contributed by atoms with E-state index in [9.17, 15) is 4.79 Å². The van der Waals surface area contributed by atoms with Crippen molar-refractivity contribution in [2.45, 2.75) is 6.92 Å². The van der Waals surface area contributed by atoms with Crippen LogP contribution < -0.4 is 16.0 Å². The first-order valence-electron chi connectivity index (χ1n) is 8.50. The first-order valence-corrected chi connectivity index (χ1v) is 9.30. The van der Waals surface area contributed by atoms with Gasteiger partial charge >= 0.3 is 0 Å². The lowest BCUT2D eigenvalue weighted by molar-refractivity contribution is 0.102. The average Bonchev–Trinajstić information content (AvgIpc) is 2.62. The molecule has 0 unspecified atom stereocenters. The van der Waals surface area contributed by atoms with Gasteiger partial charge in [0, 0.05) is 41.9 Å². The summed E-state index contributed by atoms with van der Waals surface area (Å²) in [6.45, 7) is 7.33. The van der Waals surface area contributed by atoms with Crippen LogP contribution in [0.25, 0.3) is 0 Å². The Morgan fingerprint density at radius 1 is 1.16 bits per heavy atom. The van der Waals surface area contributed by atoms with Crippen LogP contribution in [0, 0.1) is 0 Å². The third-order valence-electron chi connectivity index (χ3n) is 4.53. The molecule has 0 aliphatic carbocycles. The van der Waals surface area contributed by atoms with Gasteiger partial charge in [-0.1, -0.05) is 28.9 Å². The van der Waals surface area contributed by atoms with Crippen molar-refractivity contribution in [2.75, 3.05) is 48.7 Å². The van der Waals surface area contributed by atoms with E-state index in [1.165, 1.54) is 0 Å². The highest BCUT2D eigenvalue weighted by atomic mass is 79.9. The van der Waals surface area contributed by atoms with Crippen LogP contribution in [-0.2, 0) is 0 Å². The second-order valence-electron chi connectivity index (χ2n) is 6.16. The number of nitrogen functional groups attached to an aromatic ring is 1. The van der Waals surface area contributed by atoms with Gasteiger partial charge in [-0.05, 0) is 42.9 Å². The summed E-state index contributed by atoms with van der Waals surface area (Å²) in [5, 5.41) is 2.91. The molecule has 0 spiro atoms. The zero-order valence-corrected chi connectivity index (χ0v) is 15.9. The fourth-order valence-corrected chi connectivity index (χ4v) is 3.46. The molecule has 132 valence electrons. The van der Waals surface area contributed by atoms with E-state index in [0.29, 0.717) is 16.9 Å². The number of carbonyl (C=O) groups is 1. The monoisotopic (exact) mass is 402 g/mol. The highest BCUT2D eigenvalue weighted by molar-refractivity contribution is 9.10. The molecule has 6 heteroatoms. The Kier molecular flexibility index (Phi) is 5.60. The number of halogens is 1. The van der Waals surface area contributed by atoms with Gasteiger partial charge in [0.05, 0.1) is 11.4 Å². The fraction of sp³-hybridized carbons (Fsp3) is 0.316. The second-order valence-corrected chi connectivity index (χ2v) is 7.08. The van der Waals surface area contributed by atoms with E-state index in [4.69, 9.17) is 5.73 Å². The van der Waals surface area contributed by atoms with E-state index in [1.54, 1.807) is 12.1 Å². The summed E-state index contributed by atoms with van der Waals surface area (Å²) in [5.41, 5.74) is 9.28. The van der Waals surface area contributed by atoms with Crippen molar-refractivity contribution < 1.29 is 4.79 Å². The number of nitrogens with zero attached hydrogens (tertiary/aromatic N) is 2. The predicted molar refractivity (Wildman–Crippen MR) is 107 cm³/mol. The molecule has 1 amide bonds. The van der Waals surface area contributed by atoms with Crippen LogP contribution in [0.1, 0.15) is 17.3 Å². The van der Waals surface area contributed by atoms with Crippen molar-refractivity contribution in [1.82, 2.24) is 4.90 Å². The molecule has 0 saturated carbocycles. The molecule has 5 nitrogen and oxygen atoms in total. The molecule has 1 aliphatic rings. The fourth-order valence-electron chi connectivity index (χ4n) is 3.06. The van der Waals surface area contributed by atoms with E-state index >= 15 is 0 Å². The van der Waals surface area contributed by atoms with E-state index < -0.39 is 0 Å². The summed E-state index contributed by atoms with van der Waals surface area (Å²) in [5.74, 6) is -0.148. The highest BCUT2D eigenvalue weighted by Gasteiger charge is 2.18. The topological polar surface area (TPSA) is 61.6 Å². The molecule has 0 aromatic heterocycles. The van der Waals surface area contributed by atoms with Crippen molar-refractivity contribution in [3.8, 4) is 0 Å². The van der Waals surface area contributed by atoms with E-state index in [0.717, 1.165) is 42.9 Å². The smallest absolute Gasteiger partial charge is 0.255 e. The number of hydrogen-bond donors (Lipinski definition) is 2. The molecule has 0 radical (unpaired) electrons. The molecule has 0 atom stereocenters. The molecular weight excluding hydrogens is 380 g/mol. The Morgan fingerprint density at radius 3 is 2.56 bits per heavy atom. The number of piperazine rings is 1. The third-order valence-corrected chi connectivity index (χ3v) is 5.03. The van der Waals surface area contributed by atoms with E-state index in [-0.39, 0.29) is 5.91 Å². The molecule has 1 heterocycles. The minimum absolute atomic E-state index is 0.148. The molecular formula is C19H23BrN4O. The third kappa shape index (κ3) is 4.32. The number of benzene rings is 2. The van der Waals surface area contributed by atoms with Gasteiger partial charge in [-0.25, -0.2) is 0 Å². The van der Waals surface area contributed by atoms with E-state index in [1.807, 2.05) is 30.3 Å². The van der Waals surface area contributed by atoms with Crippen LogP contribution in [0.3, 0.4) is 0 Å². The standard InChI is InChI=1S/C19H23BrN4O/c1-2-23-8-10-24(11-9-23)18-7-6-16(13-17(18)21)22-19(25)14-4-3-5-15(20)12-14/h3-7,12-13H,2,8-11,21H2,1H3,(H,22,25). The average molecular weight is 403 g/mol. The van der Waals surface area contributed by atoms with Crippen LogP contribution >= 0.6 is 15.9 Å². The maximum Gasteiger partial charge on any atom is 0.255 e. The Hall–Kier alpha value is -2.05. The van der Waals surface area contributed by atoms with Gasteiger partial charge in [-0.3, -0.25) is 4.79 Å². The van der Waals surface area contributed by atoms with Crippen molar-refractivity contribution in [3.63, 3.8) is 0 Å². The number of carbonyl (C=O) groups excluding carboxylic acids is 1. The molecule has 2 aromatic rings. The number of rotatable bonds is 4. The minimum atomic E-state index is -0.148. The van der Waals surface area contributed by atoms with Crippen LogP contribution in [-0.4, -0.2) is 43.5 Å². The van der Waals surface area contributed by atoms with Crippen molar-refractivity contribution in [3.05, 3.63) is 52.5 Å². The summed E-state index contributed by atoms with van der Waals surface area (Å²) in [7, 11) is 0. The van der Waals surface area contributed by atoms with Gasteiger partial charge in [0.15, 0.2) is 0 Å². The maximum absolute atomic E-state index is 12.3. The Labute approximate surface area is 156 Å². The van der Waals surface area contributed by atoms with Crippen LogP contribution in [0.15, 0.2) is 46.9 Å². The van der Waals surface area contributed by atoms with Crippen molar-refractivity contribution >= 4 is 38.9 Å². The van der Waals surface area contributed by atoms with Gasteiger partial charge in [0.2, 0.25) is 0 Å². The highest BCUT2D eigenvalue weighted by Crippen LogP contribution is 2.28. The van der Waals surface area contributed by atoms with Gasteiger partial charge in [0.25, 0.3) is 5.91 Å². The second kappa shape index (κ2) is 7.89. The van der Waals surface area contributed by atoms with Crippen LogP contribution in [0.2, 0.25) is 0 Å². The summed E-state index contributed by atoms with van der Waals surface area (Å²) in [4.78, 5) is 17.1. The molecule has 1 saturated heterocycles. The summed E-state index contributed by atoms with van der Waals surface area (Å²) < 4.78 is 0.876. The number of nitrogens with one attached hydrogen (secondary N) is 1. The quantitative estimate of drug-likeness (QED) is 0.768. The molecule has 2 aromatic carbocycles.